The van der Waals surface area contributed by atoms with Crippen LogP contribution in [0.25, 0.3) is 0 Å². The van der Waals surface area contributed by atoms with Crippen molar-refractivity contribution >= 4 is 9.52 Å². The van der Waals surface area contributed by atoms with Crippen molar-refractivity contribution in [3.63, 3.8) is 0 Å². The molecule has 2 aromatic carbocycles. The Balaban J connectivity index is -0.000000176. The standard InChI is InChI=1S/2C10H15.C8H19Si.2ClH.Hf/c2*1-4-9-5-6-10(7-9)8(2)3;1-5-7(3)9-8(4)6-2;;;/h2*5-8H,4H2,1-3H3;7-9H,5-6H2,1-4H3;2*1H;/q2*-1;;;;+4/p-2. The van der Waals surface area contributed by atoms with Gasteiger partial charge in [0, 0.05) is 9.52 Å². The molecule has 0 saturated heterocycles. The average Bonchev–Trinajstić information content (AvgIpc) is 3.38. The molecule has 0 N–H and O–H groups in total. The maximum absolute atomic E-state index is 2.38. The number of hydrogen-bond donors (Lipinski definition) is 0. The Morgan fingerprint density at radius 2 is 0.969 bits per heavy atom. The third kappa shape index (κ3) is 17.8. The van der Waals surface area contributed by atoms with Gasteiger partial charge in [-0.05, 0) is 11.8 Å². The fourth-order valence-electron chi connectivity index (χ4n) is 3.02. The Morgan fingerprint density at radius 3 is 1.12 bits per heavy atom. The molecule has 0 bridgehead atoms. The van der Waals surface area contributed by atoms with Crippen molar-refractivity contribution < 1.29 is 50.7 Å². The normalized spacial score (nSPS) is 11.6. The van der Waals surface area contributed by atoms with Crippen molar-refractivity contribution in [2.45, 2.75) is 118 Å². The fraction of sp³-hybridized carbons (Fsp3) is 0.643. The Hall–Kier alpha value is 0.367. The topological polar surface area (TPSA) is 0 Å². The Kier molecular flexibility index (Phi) is 28.6. The van der Waals surface area contributed by atoms with Crippen molar-refractivity contribution in [3.05, 3.63) is 58.7 Å². The predicted molar refractivity (Wildman–Crippen MR) is 138 cm³/mol. The molecule has 1 radical (unpaired) electrons. The molecule has 0 aliphatic heterocycles. The molecule has 0 aromatic heterocycles. The second kappa shape index (κ2) is 23.1. The summed E-state index contributed by atoms with van der Waals surface area (Å²) in [4.78, 5) is 0. The summed E-state index contributed by atoms with van der Waals surface area (Å²) in [6, 6.07) is 13.5. The van der Waals surface area contributed by atoms with Gasteiger partial charge in [0.15, 0.2) is 0 Å². The summed E-state index contributed by atoms with van der Waals surface area (Å²) in [5.41, 5.74) is 7.89. The number of aryl methyl sites for hydroxylation is 2. The first-order valence-corrected chi connectivity index (χ1v) is 13.4. The van der Waals surface area contributed by atoms with Crippen molar-refractivity contribution in [3.8, 4) is 0 Å². The fourth-order valence-corrected chi connectivity index (χ4v) is 4.68. The van der Waals surface area contributed by atoms with Gasteiger partial charge in [0.25, 0.3) is 0 Å². The van der Waals surface area contributed by atoms with Gasteiger partial charge >= 0.3 is 25.8 Å². The monoisotopic (exact) mass is 663 g/mol. The molecule has 0 heterocycles. The molecule has 2 aromatic rings. The average molecular weight is 663 g/mol. The molecule has 2 unspecified atom stereocenters. The van der Waals surface area contributed by atoms with Crippen LogP contribution in [0, 0.1) is 0 Å². The first kappa shape index (κ1) is 39.6. The van der Waals surface area contributed by atoms with Crippen LogP contribution >= 0.6 is 0 Å². The van der Waals surface area contributed by atoms with Crippen LogP contribution in [0.3, 0.4) is 0 Å². The number of rotatable bonds is 8. The molecular weight excluding hydrogens is 614 g/mol. The van der Waals surface area contributed by atoms with E-state index in [1.807, 2.05) is 0 Å². The third-order valence-electron chi connectivity index (χ3n) is 5.78. The summed E-state index contributed by atoms with van der Waals surface area (Å²) in [6.07, 6.45) is 5.07. The van der Waals surface area contributed by atoms with E-state index in [0.29, 0.717) is 11.8 Å². The van der Waals surface area contributed by atoms with Crippen LogP contribution in [-0.4, -0.2) is 9.52 Å². The maximum Gasteiger partial charge on any atom is 4.00 e. The van der Waals surface area contributed by atoms with Crippen molar-refractivity contribution in [2.24, 2.45) is 0 Å². The van der Waals surface area contributed by atoms with Gasteiger partial charge in [-0.25, -0.2) is 12.1 Å². The van der Waals surface area contributed by atoms with Crippen molar-refractivity contribution in [1.82, 2.24) is 0 Å². The second-order valence-electron chi connectivity index (χ2n) is 9.09. The van der Waals surface area contributed by atoms with Gasteiger partial charge < -0.3 is 24.8 Å². The molecule has 0 amide bonds. The third-order valence-corrected chi connectivity index (χ3v) is 8.04. The predicted octanol–water partition coefficient (Wildman–Crippen LogP) is 3.05. The van der Waals surface area contributed by atoms with Crippen molar-refractivity contribution in [1.29, 1.82) is 0 Å². The molecule has 2 rings (SSSR count). The van der Waals surface area contributed by atoms with E-state index in [0.717, 1.165) is 33.4 Å². The van der Waals surface area contributed by atoms with E-state index < -0.39 is 0 Å². The molecule has 32 heavy (non-hydrogen) atoms. The van der Waals surface area contributed by atoms with Crippen LogP contribution in [0.2, 0.25) is 11.1 Å². The minimum Gasteiger partial charge on any atom is -1.00 e. The van der Waals surface area contributed by atoms with Crippen LogP contribution in [-0.2, 0) is 38.7 Å². The molecular formula is C28H49Cl2HfSi. The minimum absolute atomic E-state index is 0. The van der Waals surface area contributed by atoms with Crippen LogP contribution in [0.1, 0.15) is 116 Å². The molecule has 0 aliphatic carbocycles. The Bertz CT molecular complexity index is 577. The van der Waals surface area contributed by atoms with E-state index in [1.165, 1.54) is 35.1 Å². The first-order valence-electron chi connectivity index (χ1n) is 12.0. The summed E-state index contributed by atoms with van der Waals surface area (Å²) in [5, 5.41) is 0. The van der Waals surface area contributed by atoms with Gasteiger partial charge in [0.2, 0.25) is 0 Å². The number of halogens is 2. The van der Waals surface area contributed by atoms with E-state index in [4.69, 9.17) is 0 Å². The molecule has 0 saturated carbocycles. The Labute approximate surface area is 235 Å². The van der Waals surface area contributed by atoms with Gasteiger partial charge in [0.05, 0.1) is 0 Å². The zero-order valence-electron chi connectivity index (χ0n) is 22.4. The van der Waals surface area contributed by atoms with E-state index in [9.17, 15) is 0 Å². The van der Waals surface area contributed by atoms with Gasteiger partial charge in [0.1, 0.15) is 0 Å². The van der Waals surface area contributed by atoms with Crippen molar-refractivity contribution in [2.75, 3.05) is 0 Å². The van der Waals surface area contributed by atoms with Crippen LogP contribution < -0.4 is 24.8 Å². The van der Waals surface area contributed by atoms with Gasteiger partial charge in [-0.15, -0.1) is 0 Å². The van der Waals surface area contributed by atoms with E-state index >= 15 is 0 Å². The zero-order valence-corrected chi connectivity index (χ0v) is 28.7. The van der Waals surface area contributed by atoms with Gasteiger partial charge in [-0.3, -0.25) is 0 Å². The SMILES string of the molecule is CCC(C)[SiH]C(C)CC.CCc1c[cH-]c(C(C)C)c1.CCc1c[cH-]c(C(C)C)c1.[Cl-].[Cl-].[Hf+4]. The smallest absolute Gasteiger partial charge is 1.00 e. The molecule has 0 spiro atoms. The molecule has 0 aliphatic rings. The summed E-state index contributed by atoms with van der Waals surface area (Å²) < 4.78 is 0. The minimum atomic E-state index is 0. The van der Waals surface area contributed by atoms with Gasteiger partial charge in [-0.1, -0.05) is 106 Å². The molecule has 4 heteroatoms. The van der Waals surface area contributed by atoms with E-state index in [2.05, 4.69) is 106 Å². The first-order chi connectivity index (χ1) is 13.7. The van der Waals surface area contributed by atoms with E-state index in [1.54, 1.807) is 0 Å². The summed E-state index contributed by atoms with van der Waals surface area (Å²) >= 11 is 0. The second-order valence-corrected chi connectivity index (χ2v) is 11.7. The molecule has 183 valence electrons. The van der Waals surface area contributed by atoms with Crippen LogP contribution in [0.5, 0.6) is 0 Å². The van der Waals surface area contributed by atoms with Crippen LogP contribution in [0.15, 0.2) is 36.4 Å². The quantitative estimate of drug-likeness (QED) is 0.301. The summed E-state index contributed by atoms with van der Waals surface area (Å²) in [5.74, 6) is 1.36. The molecule has 2 atom stereocenters. The van der Waals surface area contributed by atoms with E-state index in [-0.39, 0.29) is 50.7 Å². The largest absolute Gasteiger partial charge is 4.00 e. The summed E-state index contributed by atoms with van der Waals surface area (Å²) in [7, 11) is 0.720. The Morgan fingerprint density at radius 1 is 0.656 bits per heavy atom. The van der Waals surface area contributed by atoms with Gasteiger partial charge in [-0.2, -0.15) is 46.5 Å². The summed E-state index contributed by atoms with van der Waals surface area (Å²) in [6.45, 7) is 22.6. The van der Waals surface area contributed by atoms with Crippen LogP contribution in [0.4, 0.5) is 0 Å². The molecule has 0 nitrogen and oxygen atoms in total. The maximum atomic E-state index is 2.38. The number of hydrogen-bond acceptors (Lipinski definition) is 0. The molecule has 0 fully saturated rings. The zero-order chi connectivity index (χ0) is 22.4.